The second kappa shape index (κ2) is 5.35. The molecule has 0 atom stereocenters. The third-order valence-corrected chi connectivity index (χ3v) is 4.03. The van der Waals surface area contributed by atoms with Crippen molar-refractivity contribution in [3.05, 3.63) is 41.4 Å². The van der Waals surface area contributed by atoms with E-state index in [1.165, 1.54) is 0 Å². The van der Waals surface area contributed by atoms with Crippen LogP contribution in [0.1, 0.15) is 37.5 Å². The highest BCUT2D eigenvalue weighted by Crippen LogP contribution is 2.33. The molecule has 2 N–H and O–H groups in total. The zero-order valence-electron chi connectivity index (χ0n) is 10.7. The van der Waals surface area contributed by atoms with Gasteiger partial charge in [-0.05, 0) is 37.8 Å². The zero-order chi connectivity index (χ0) is 13.2. The predicted molar refractivity (Wildman–Crippen MR) is 76.1 cm³/mol. The molecule has 19 heavy (non-hydrogen) atoms. The van der Waals surface area contributed by atoms with Crippen molar-refractivity contribution in [2.75, 3.05) is 0 Å². The van der Waals surface area contributed by atoms with Crippen LogP contribution in [0.5, 0.6) is 0 Å². The molecule has 4 heteroatoms. The summed E-state index contributed by atoms with van der Waals surface area (Å²) in [6.07, 6.45) is 5.99. The molecule has 0 unspecified atom stereocenters. The first-order chi connectivity index (χ1) is 9.22. The van der Waals surface area contributed by atoms with Gasteiger partial charge in [0, 0.05) is 22.5 Å². The number of hydrogen-bond donors (Lipinski definition) is 1. The average molecular weight is 277 g/mol. The molecule has 0 spiro atoms. The summed E-state index contributed by atoms with van der Waals surface area (Å²) < 4.78 is 5.64. The van der Waals surface area contributed by atoms with Gasteiger partial charge in [-0.1, -0.05) is 23.7 Å². The van der Waals surface area contributed by atoms with E-state index in [0.29, 0.717) is 12.0 Å². The van der Waals surface area contributed by atoms with Gasteiger partial charge >= 0.3 is 0 Å². The lowest BCUT2D eigenvalue weighted by Gasteiger charge is -2.23. The molecule has 1 aromatic heterocycles. The van der Waals surface area contributed by atoms with Gasteiger partial charge in [-0.15, -0.1) is 0 Å². The maximum Gasteiger partial charge on any atom is 0.197 e. The van der Waals surface area contributed by atoms with E-state index in [1.807, 2.05) is 24.3 Å². The fraction of sp³-hybridized carbons (Fsp3) is 0.400. The molecule has 1 aliphatic rings. The first kappa shape index (κ1) is 12.7. The summed E-state index contributed by atoms with van der Waals surface area (Å²) in [5, 5.41) is 0.730. The van der Waals surface area contributed by atoms with Crippen molar-refractivity contribution in [1.82, 2.24) is 4.98 Å². The predicted octanol–water partition coefficient (Wildman–Crippen LogP) is 3.98. The number of rotatable bonds is 2. The topological polar surface area (TPSA) is 52.0 Å². The average Bonchev–Trinajstić information content (AvgIpc) is 2.90. The molecule has 100 valence electrons. The van der Waals surface area contributed by atoms with Crippen LogP contribution in [0.2, 0.25) is 5.02 Å². The van der Waals surface area contributed by atoms with Crippen molar-refractivity contribution in [1.29, 1.82) is 0 Å². The van der Waals surface area contributed by atoms with Crippen molar-refractivity contribution in [2.24, 2.45) is 5.73 Å². The van der Waals surface area contributed by atoms with Crippen LogP contribution in [-0.2, 0) is 0 Å². The quantitative estimate of drug-likeness (QED) is 0.903. The fourth-order valence-corrected chi connectivity index (χ4v) is 2.72. The first-order valence-corrected chi connectivity index (χ1v) is 7.07. The molecule has 1 aliphatic carbocycles. The Balaban J connectivity index is 1.77. The highest BCUT2D eigenvalue weighted by molar-refractivity contribution is 6.30. The summed E-state index contributed by atoms with van der Waals surface area (Å²) in [5.74, 6) is 1.26. The largest absolute Gasteiger partial charge is 0.448 e. The van der Waals surface area contributed by atoms with E-state index in [0.717, 1.165) is 47.9 Å². The second-order valence-electron chi connectivity index (χ2n) is 5.19. The van der Waals surface area contributed by atoms with Gasteiger partial charge in [0.05, 0.1) is 0 Å². The van der Waals surface area contributed by atoms with E-state index in [1.54, 1.807) is 6.26 Å². The maximum absolute atomic E-state index is 5.92. The van der Waals surface area contributed by atoms with Crippen molar-refractivity contribution in [3.63, 3.8) is 0 Å². The second-order valence-corrected chi connectivity index (χ2v) is 5.63. The molecule has 1 fully saturated rings. The lowest BCUT2D eigenvalue weighted by molar-refractivity contribution is 0.339. The number of hydrogen-bond acceptors (Lipinski definition) is 3. The van der Waals surface area contributed by atoms with Gasteiger partial charge in [0.1, 0.15) is 12.0 Å². The highest BCUT2D eigenvalue weighted by atomic mass is 35.5. The molecule has 1 aromatic carbocycles. The van der Waals surface area contributed by atoms with Gasteiger partial charge in [-0.25, -0.2) is 4.98 Å². The van der Waals surface area contributed by atoms with Crippen LogP contribution >= 0.6 is 11.6 Å². The molecule has 0 aliphatic heterocycles. The van der Waals surface area contributed by atoms with E-state index in [-0.39, 0.29) is 0 Å². The smallest absolute Gasteiger partial charge is 0.197 e. The van der Waals surface area contributed by atoms with Crippen LogP contribution in [0.25, 0.3) is 11.3 Å². The molecule has 3 nitrogen and oxygen atoms in total. The fourth-order valence-electron chi connectivity index (χ4n) is 2.59. The Hall–Kier alpha value is -1.32. The minimum atomic E-state index is 0.349. The molecule has 2 aromatic rings. The van der Waals surface area contributed by atoms with Gasteiger partial charge in [0.2, 0.25) is 0 Å². The van der Waals surface area contributed by atoms with Crippen molar-refractivity contribution in [2.45, 2.75) is 37.6 Å². The third kappa shape index (κ3) is 2.82. The number of nitrogens with two attached hydrogens (primary N) is 1. The number of halogens is 1. The van der Waals surface area contributed by atoms with Gasteiger partial charge < -0.3 is 10.2 Å². The van der Waals surface area contributed by atoms with E-state index >= 15 is 0 Å². The lowest BCUT2D eigenvalue weighted by Crippen LogP contribution is -2.25. The summed E-state index contributed by atoms with van der Waals surface area (Å²) >= 11 is 5.88. The lowest BCUT2D eigenvalue weighted by atomic mass is 9.86. The summed E-state index contributed by atoms with van der Waals surface area (Å²) in [6, 6.07) is 8.00. The van der Waals surface area contributed by atoms with Crippen LogP contribution in [0, 0.1) is 0 Å². The Morgan fingerprint density at radius 2 is 1.79 bits per heavy atom. The van der Waals surface area contributed by atoms with Crippen LogP contribution in [0.15, 0.2) is 34.9 Å². The Kier molecular flexibility index (Phi) is 3.58. The molecular weight excluding hydrogens is 260 g/mol. The van der Waals surface area contributed by atoms with Gasteiger partial charge in [0.15, 0.2) is 5.89 Å². The summed E-state index contributed by atoms with van der Waals surface area (Å²) in [5.41, 5.74) is 7.83. The Bertz CT molecular complexity index is 542. The number of nitrogens with zero attached hydrogens (tertiary/aromatic N) is 1. The number of oxazole rings is 1. The Morgan fingerprint density at radius 3 is 2.47 bits per heavy atom. The molecule has 1 saturated carbocycles. The van der Waals surface area contributed by atoms with Crippen LogP contribution in [-0.4, -0.2) is 11.0 Å². The van der Waals surface area contributed by atoms with Crippen LogP contribution in [0.3, 0.4) is 0 Å². The standard InChI is InChI=1S/C15H17ClN2O/c16-12-5-1-10(2-6-12)14-9-19-15(18-14)11-3-7-13(17)8-4-11/h1-2,5-6,9,11,13H,3-4,7-8,17H2. The minimum absolute atomic E-state index is 0.349. The van der Waals surface area contributed by atoms with Gasteiger partial charge in [-0.3, -0.25) is 0 Å². The summed E-state index contributed by atoms with van der Waals surface area (Å²) in [7, 11) is 0. The first-order valence-electron chi connectivity index (χ1n) is 6.69. The maximum atomic E-state index is 5.92. The van der Waals surface area contributed by atoms with Crippen LogP contribution < -0.4 is 5.73 Å². The van der Waals surface area contributed by atoms with Crippen LogP contribution in [0.4, 0.5) is 0 Å². The molecule has 1 heterocycles. The highest BCUT2D eigenvalue weighted by Gasteiger charge is 2.23. The van der Waals surface area contributed by atoms with E-state index in [2.05, 4.69) is 4.98 Å². The van der Waals surface area contributed by atoms with E-state index in [4.69, 9.17) is 21.8 Å². The number of aromatic nitrogens is 1. The van der Waals surface area contributed by atoms with Gasteiger partial charge in [0.25, 0.3) is 0 Å². The van der Waals surface area contributed by atoms with Crippen molar-refractivity contribution < 1.29 is 4.42 Å². The molecular formula is C15H17ClN2O. The summed E-state index contributed by atoms with van der Waals surface area (Å²) in [6.45, 7) is 0. The molecule has 0 radical (unpaired) electrons. The SMILES string of the molecule is NC1CCC(c2nc(-c3ccc(Cl)cc3)co2)CC1. The Labute approximate surface area is 117 Å². The molecule has 0 saturated heterocycles. The molecule has 0 bridgehead atoms. The molecule has 3 rings (SSSR count). The van der Waals surface area contributed by atoms with E-state index < -0.39 is 0 Å². The van der Waals surface area contributed by atoms with Crippen molar-refractivity contribution >= 4 is 11.6 Å². The normalized spacial score (nSPS) is 23.5. The minimum Gasteiger partial charge on any atom is -0.448 e. The zero-order valence-corrected chi connectivity index (χ0v) is 11.4. The summed E-state index contributed by atoms with van der Waals surface area (Å²) in [4.78, 5) is 4.61. The monoisotopic (exact) mass is 276 g/mol. The Morgan fingerprint density at radius 1 is 1.11 bits per heavy atom. The number of benzene rings is 1. The molecule has 0 amide bonds. The van der Waals surface area contributed by atoms with Gasteiger partial charge in [-0.2, -0.15) is 0 Å². The third-order valence-electron chi connectivity index (χ3n) is 3.78. The van der Waals surface area contributed by atoms with Crippen molar-refractivity contribution in [3.8, 4) is 11.3 Å². The van der Waals surface area contributed by atoms with E-state index in [9.17, 15) is 0 Å².